The molecule has 0 radical (unpaired) electrons. The van der Waals surface area contributed by atoms with Crippen LogP contribution in [-0.4, -0.2) is 35.7 Å². The second kappa shape index (κ2) is 6.96. The summed E-state index contributed by atoms with van der Waals surface area (Å²) in [7, 11) is 0. The number of urea groups is 1. The first-order valence-corrected chi connectivity index (χ1v) is 6.01. The minimum Gasteiger partial charge on any atom is -0.395 e. The van der Waals surface area contributed by atoms with E-state index in [-0.39, 0.29) is 25.0 Å². The number of rotatable bonds is 5. The lowest BCUT2D eigenvalue weighted by Gasteiger charge is -2.22. The van der Waals surface area contributed by atoms with Gasteiger partial charge in [-0.15, -0.1) is 0 Å². The average Bonchev–Trinajstić information content (AvgIpc) is 2.33. The molecule has 0 heterocycles. The van der Waals surface area contributed by atoms with Crippen molar-refractivity contribution in [3.63, 3.8) is 0 Å². The minimum atomic E-state index is -0.389. The zero-order valence-corrected chi connectivity index (χ0v) is 10.7. The van der Waals surface area contributed by atoms with E-state index in [0.717, 1.165) is 12.0 Å². The van der Waals surface area contributed by atoms with Crippen LogP contribution >= 0.6 is 0 Å². The maximum Gasteiger partial charge on any atom is 0.321 e. The molecule has 0 spiro atoms. The van der Waals surface area contributed by atoms with Crippen molar-refractivity contribution in [3.8, 4) is 0 Å². The van der Waals surface area contributed by atoms with Gasteiger partial charge in [0.15, 0.2) is 0 Å². The van der Waals surface area contributed by atoms with Crippen LogP contribution in [0.4, 0.5) is 14.9 Å². The molecule has 0 atom stereocenters. The van der Waals surface area contributed by atoms with Crippen LogP contribution in [0.25, 0.3) is 0 Å². The number of hydrogen-bond acceptors (Lipinski definition) is 2. The molecule has 1 rings (SSSR count). The highest BCUT2D eigenvalue weighted by molar-refractivity contribution is 5.90. The van der Waals surface area contributed by atoms with E-state index >= 15 is 0 Å². The van der Waals surface area contributed by atoms with Crippen LogP contribution in [0.2, 0.25) is 0 Å². The first-order valence-electron chi connectivity index (χ1n) is 6.01. The van der Waals surface area contributed by atoms with E-state index in [2.05, 4.69) is 5.32 Å². The highest BCUT2D eigenvalue weighted by Gasteiger charge is 2.13. The van der Waals surface area contributed by atoms with Gasteiger partial charge in [0.25, 0.3) is 0 Å². The highest BCUT2D eigenvalue weighted by atomic mass is 19.1. The number of carbonyl (C=O) groups excluding carboxylic acids is 1. The van der Waals surface area contributed by atoms with Gasteiger partial charge < -0.3 is 15.3 Å². The normalized spacial score (nSPS) is 10.2. The second-order valence-electron chi connectivity index (χ2n) is 4.10. The molecule has 1 aromatic rings. The summed E-state index contributed by atoms with van der Waals surface area (Å²) in [5.74, 6) is -0.389. The van der Waals surface area contributed by atoms with Crippen LogP contribution in [0.3, 0.4) is 0 Å². The fourth-order valence-electron chi connectivity index (χ4n) is 1.63. The third kappa shape index (κ3) is 4.00. The number of anilines is 1. The number of aryl methyl sites for hydroxylation is 1. The van der Waals surface area contributed by atoms with Gasteiger partial charge in [0.2, 0.25) is 0 Å². The predicted octanol–water partition coefficient (Wildman–Crippen LogP) is 2.37. The molecule has 0 aliphatic heterocycles. The molecule has 2 amide bonds. The highest BCUT2D eigenvalue weighted by Crippen LogP contribution is 2.16. The van der Waals surface area contributed by atoms with E-state index < -0.39 is 0 Å². The summed E-state index contributed by atoms with van der Waals surface area (Å²) in [5.41, 5.74) is 1.25. The molecule has 0 bridgehead atoms. The molecule has 1 aromatic carbocycles. The van der Waals surface area contributed by atoms with Crippen LogP contribution in [0.15, 0.2) is 18.2 Å². The molecule has 2 N–H and O–H groups in total. The predicted molar refractivity (Wildman–Crippen MR) is 69.1 cm³/mol. The standard InChI is InChI=1S/C13H19FN2O2/c1-3-6-16(7-8-17)13(18)15-12-9-11(14)5-4-10(12)2/h4-5,9,17H,3,6-8H2,1-2H3,(H,15,18). The number of amides is 2. The first kappa shape index (κ1) is 14.4. The maximum atomic E-state index is 13.1. The summed E-state index contributed by atoms with van der Waals surface area (Å²) in [6.07, 6.45) is 0.801. The van der Waals surface area contributed by atoms with Crippen molar-refractivity contribution >= 4 is 11.7 Å². The van der Waals surface area contributed by atoms with E-state index in [1.165, 1.54) is 17.0 Å². The van der Waals surface area contributed by atoms with Gasteiger partial charge in [-0.05, 0) is 31.0 Å². The topological polar surface area (TPSA) is 52.6 Å². The maximum absolute atomic E-state index is 13.1. The monoisotopic (exact) mass is 254 g/mol. The molecule has 0 saturated heterocycles. The molecule has 5 heteroatoms. The van der Waals surface area contributed by atoms with Gasteiger partial charge in [-0.1, -0.05) is 13.0 Å². The summed E-state index contributed by atoms with van der Waals surface area (Å²) in [4.78, 5) is 13.4. The molecule has 0 unspecified atom stereocenters. The second-order valence-corrected chi connectivity index (χ2v) is 4.10. The Balaban J connectivity index is 2.75. The van der Waals surface area contributed by atoms with Crippen LogP contribution in [0.1, 0.15) is 18.9 Å². The summed E-state index contributed by atoms with van der Waals surface area (Å²) in [6.45, 7) is 4.49. The summed E-state index contributed by atoms with van der Waals surface area (Å²) >= 11 is 0. The van der Waals surface area contributed by atoms with Crippen LogP contribution in [-0.2, 0) is 0 Å². The minimum absolute atomic E-state index is 0.0877. The lowest BCUT2D eigenvalue weighted by atomic mass is 10.2. The third-order valence-electron chi connectivity index (χ3n) is 2.59. The molecule has 0 saturated carbocycles. The largest absolute Gasteiger partial charge is 0.395 e. The molecule has 0 fully saturated rings. The van der Waals surface area contributed by atoms with E-state index in [1.54, 1.807) is 13.0 Å². The van der Waals surface area contributed by atoms with Crippen molar-refractivity contribution in [2.24, 2.45) is 0 Å². The molecule has 0 aliphatic rings. The number of hydrogen-bond donors (Lipinski definition) is 2. The zero-order valence-electron chi connectivity index (χ0n) is 10.7. The van der Waals surface area contributed by atoms with E-state index in [0.29, 0.717) is 12.2 Å². The fraction of sp³-hybridized carbons (Fsp3) is 0.462. The molecule has 4 nitrogen and oxygen atoms in total. The SMILES string of the molecule is CCCN(CCO)C(=O)Nc1cc(F)ccc1C. The van der Waals surface area contributed by atoms with Crippen molar-refractivity contribution in [1.29, 1.82) is 0 Å². The Morgan fingerprint density at radius 1 is 1.44 bits per heavy atom. The molecule has 18 heavy (non-hydrogen) atoms. The Morgan fingerprint density at radius 3 is 2.78 bits per heavy atom. The van der Waals surface area contributed by atoms with Crippen LogP contribution in [0, 0.1) is 12.7 Å². The number of benzene rings is 1. The molecule has 0 aromatic heterocycles. The Bertz CT molecular complexity index is 404. The summed E-state index contributed by atoms with van der Waals surface area (Å²) in [6, 6.07) is 3.93. The average molecular weight is 254 g/mol. The summed E-state index contributed by atoms with van der Waals surface area (Å²) < 4.78 is 13.1. The van der Waals surface area contributed by atoms with Gasteiger partial charge in [-0.2, -0.15) is 0 Å². The Labute approximate surface area is 106 Å². The number of nitrogens with zero attached hydrogens (tertiary/aromatic N) is 1. The fourth-order valence-corrected chi connectivity index (χ4v) is 1.63. The Morgan fingerprint density at radius 2 is 2.17 bits per heavy atom. The number of nitrogens with one attached hydrogen (secondary N) is 1. The smallest absolute Gasteiger partial charge is 0.321 e. The van der Waals surface area contributed by atoms with Gasteiger partial charge in [-0.25, -0.2) is 9.18 Å². The first-order chi connectivity index (χ1) is 8.58. The lowest BCUT2D eigenvalue weighted by molar-refractivity contribution is 0.188. The van der Waals surface area contributed by atoms with Gasteiger partial charge in [-0.3, -0.25) is 0 Å². The Hall–Kier alpha value is -1.62. The number of aliphatic hydroxyl groups excluding tert-OH is 1. The third-order valence-corrected chi connectivity index (χ3v) is 2.59. The zero-order chi connectivity index (χ0) is 13.5. The van der Waals surface area contributed by atoms with E-state index in [9.17, 15) is 9.18 Å². The molecule has 100 valence electrons. The van der Waals surface area contributed by atoms with Crippen molar-refractivity contribution in [1.82, 2.24) is 4.90 Å². The molecular weight excluding hydrogens is 235 g/mol. The van der Waals surface area contributed by atoms with E-state index in [4.69, 9.17) is 5.11 Å². The molecule has 0 aliphatic carbocycles. The number of carbonyl (C=O) groups is 1. The van der Waals surface area contributed by atoms with Crippen LogP contribution < -0.4 is 5.32 Å². The van der Waals surface area contributed by atoms with Crippen molar-refractivity contribution in [2.75, 3.05) is 25.0 Å². The quantitative estimate of drug-likeness (QED) is 0.847. The van der Waals surface area contributed by atoms with Gasteiger partial charge in [0, 0.05) is 18.8 Å². The van der Waals surface area contributed by atoms with Gasteiger partial charge in [0.05, 0.1) is 6.61 Å². The van der Waals surface area contributed by atoms with Gasteiger partial charge in [0.1, 0.15) is 5.82 Å². The van der Waals surface area contributed by atoms with Gasteiger partial charge >= 0.3 is 6.03 Å². The van der Waals surface area contributed by atoms with E-state index in [1.807, 2.05) is 6.92 Å². The lowest BCUT2D eigenvalue weighted by Crippen LogP contribution is -2.37. The number of halogens is 1. The van der Waals surface area contributed by atoms with Crippen molar-refractivity contribution < 1.29 is 14.3 Å². The van der Waals surface area contributed by atoms with Crippen molar-refractivity contribution in [2.45, 2.75) is 20.3 Å². The summed E-state index contributed by atoms with van der Waals surface area (Å²) in [5, 5.41) is 11.6. The van der Waals surface area contributed by atoms with Crippen molar-refractivity contribution in [3.05, 3.63) is 29.6 Å². The number of aliphatic hydroxyl groups is 1. The molecular formula is C13H19FN2O2. The Kier molecular flexibility index (Phi) is 5.58. The van der Waals surface area contributed by atoms with Crippen LogP contribution in [0.5, 0.6) is 0 Å².